The number of rotatable bonds is 5. The van der Waals surface area contributed by atoms with Crippen LogP contribution in [0.3, 0.4) is 0 Å². The zero-order valence-electron chi connectivity index (χ0n) is 26.2. The summed E-state index contributed by atoms with van der Waals surface area (Å²) in [5.74, 6) is -2.88. The van der Waals surface area contributed by atoms with Gasteiger partial charge in [0, 0.05) is 28.7 Å². The molecular formula is C32H42O14. The van der Waals surface area contributed by atoms with Gasteiger partial charge in [-0.1, -0.05) is 6.92 Å². The molecule has 1 aromatic heterocycles. The van der Waals surface area contributed by atoms with Gasteiger partial charge >= 0.3 is 11.9 Å². The number of cyclic esters (lactones) is 2. The van der Waals surface area contributed by atoms with Crippen LogP contribution >= 0.6 is 0 Å². The van der Waals surface area contributed by atoms with Gasteiger partial charge in [0.2, 0.25) is 0 Å². The van der Waals surface area contributed by atoms with Gasteiger partial charge < -0.3 is 53.6 Å². The lowest BCUT2D eigenvalue weighted by molar-refractivity contribution is -0.341. The van der Waals surface area contributed by atoms with Gasteiger partial charge in [-0.15, -0.1) is 0 Å². The molecule has 254 valence electrons. The van der Waals surface area contributed by atoms with Gasteiger partial charge in [0.05, 0.1) is 42.7 Å². The molecule has 0 amide bonds. The van der Waals surface area contributed by atoms with E-state index in [0.29, 0.717) is 18.4 Å². The van der Waals surface area contributed by atoms with Gasteiger partial charge in [-0.2, -0.15) is 0 Å². The molecule has 2 aliphatic carbocycles. The van der Waals surface area contributed by atoms with Crippen LogP contribution in [0.2, 0.25) is 0 Å². The zero-order valence-corrected chi connectivity index (χ0v) is 26.2. The molecule has 0 radical (unpaired) electrons. The number of hydrogen-bond acceptors (Lipinski definition) is 14. The summed E-state index contributed by atoms with van der Waals surface area (Å²) in [6.45, 7) is 6.17. The largest absolute Gasteiger partial charge is 0.472 e. The van der Waals surface area contributed by atoms with Crippen molar-refractivity contribution in [2.24, 2.45) is 28.1 Å². The Morgan fingerprint density at radius 1 is 1.02 bits per heavy atom. The minimum atomic E-state index is -1.70. The molecule has 5 N–H and O–H groups in total. The van der Waals surface area contributed by atoms with E-state index in [-0.39, 0.29) is 25.2 Å². The number of Topliss-reactive ketones (excluding diaryl/α,β-unsaturated/α-hetero) is 1. The van der Waals surface area contributed by atoms with Gasteiger partial charge in [-0.25, -0.2) is 4.79 Å². The number of ketones is 1. The Morgan fingerprint density at radius 3 is 2.41 bits per heavy atom. The summed E-state index contributed by atoms with van der Waals surface area (Å²) in [5.41, 5.74) is -5.45. The minimum Gasteiger partial charge on any atom is -0.472 e. The highest BCUT2D eigenvalue weighted by Crippen LogP contribution is 2.78. The van der Waals surface area contributed by atoms with Crippen molar-refractivity contribution in [3.8, 4) is 0 Å². The first-order valence-corrected chi connectivity index (χ1v) is 15.9. The molecule has 6 fully saturated rings. The molecule has 7 rings (SSSR count). The molecule has 46 heavy (non-hydrogen) atoms. The summed E-state index contributed by atoms with van der Waals surface area (Å²) in [7, 11) is 0. The van der Waals surface area contributed by atoms with E-state index in [0.717, 1.165) is 0 Å². The summed E-state index contributed by atoms with van der Waals surface area (Å²) in [5, 5.41) is 53.2. The molecule has 14 nitrogen and oxygen atoms in total. The molecule has 14 unspecified atom stereocenters. The molecule has 2 saturated carbocycles. The second-order valence-corrected chi connectivity index (χ2v) is 14.9. The van der Waals surface area contributed by atoms with Crippen LogP contribution in [-0.4, -0.2) is 111 Å². The van der Waals surface area contributed by atoms with Crippen molar-refractivity contribution in [2.75, 3.05) is 13.2 Å². The van der Waals surface area contributed by atoms with E-state index in [1.54, 1.807) is 26.8 Å². The first-order chi connectivity index (χ1) is 21.6. The number of fused-ring (bicyclic) bond motifs is 2. The summed E-state index contributed by atoms with van der Waals surface area (Å²) in [6.07, 6.45) is -7.44. The number of carbonyl (C=O) groups is 3. The summed E-state index contributed by atoms with van der Waals surface area (Å²) in [6, 6.07) is 1.72. The summed E-state index contributed by atoms with van der Waals surface area (Å²) >= 11 is 0. The number of aliphatic hydroxyl groups excluding tert-OH is 5. The first-order valence-electron chi connectivity index (χ1n) is 15.9. The van der Waals surface area contributed by atoms with E-state index in [2.05, 4.69) is 0 Å². The van der Waals surface area contributed by atoms with Crippen LogP contribution in [0.1, 0.15) is 65.0 Å². The van der Waals surface area contributed by atoms with Gasteiger partial charge in [0.15, 0.2) is 12.4 Å². The lowest BCUT2D eigenvalue weighted by Crippen LogP contribution is -2.75. The maximum absolute atomic E-state index is 14.8. The summed E-state index contributed by atoms with van der Waals surface area (Å²) < 4.78 is 35.3. The van der Waals surface area contributed by atoms with Crippen molar-refractivity contribution in [1.29, 1.82) is 0 Å². The number of carbonyl (C=O) groups excluding carboxylic acids is 3. The van der Waals surface area contributed by atoms with Gasteiger partial charge in [-0.3, -0.25) is 9.59 Å². The van der Waals surface area contributed by atoms with Crippen molar-refractivity contribution in [1.82, 2.24) is 0 Å². The predicted molar refractivity (Wildman–Crippen MR) is 150 cm³/mol. The highest BCUT2D eigenvalue weighted by molar-refractivity contribution is 5.93. The van der Waals surface area contributed by atoms with Crippen LogP contribution in [0.25, 0.3) is 0 Å². The lowest BCUT2D eigenvalue weighted by atomic mass is 9.36. The van der Waals surface area contributed by atoms with Crippen molar-refractivity contribution in [3.63, 3.8) is 0 Å². The van der Waals surface area contributed by atoms with E-state index in [1.165, 1.54) is 12.5 Å². The van der Waals surface area contributed by atoms with Crippen molar-refractivity contribution < 1.29 is 68.0 Å². The van der Waals surface area contributed by atoms with Crippen molar-refractivity contribution in [3.05, 3.63) is 24.2 Å². The SMILES string of the molecule is CC(C)(OC1OC(CO)C(O)C(O)C1O)C1CC(=O)C2(C)C(CCC3(C)C(c4ccoc4)OC(=O)C4OC432)C12COC(=O)CC2O. The average Bonchev–Trinajstić information content (AvgIpc) is 3.58. The third-order valence-electron chi connectivity index (χ3n) is 12.6. The highest BCUT2D eigenvalue weighted by atomic mass is 16.7. The third kappa shape index (κ3) is 3.89. The number of aliphatic hydroxyl groups is 5. The van der Waals surface area contributed by atoms with E-state index in [4.69, 9.17) is 28.1 Å². The maximum Gasteiger partial charge on any atom is 0.339 e. The van der Waals surface area contributed by atoms with Crippen LogP contribution in [0.5, 0.6) is 0 Å². The number of epoxide rings is 1. The summed E-state index contributed by atoms with van der Waals surface area (Å²) in [4.78, 5) is 40.7. The Hall–Kier alpha value is -2.43. The van der Waals surface area contributed by atoms with Gasteiger partial charge in [-0.05, 0) is 45.6 Å². The molecule has 1 aromatic rings. The van der Waals surface area contributed by atoms with Crippen molar-refractivity contribution in [2.45, 2.75) is 114 Å². The van der Waals surface area contributed by atoms with Crippen LogP contribution in [-0.2, 0) is 38.1 Å². The Balaban J connectivity index is 1.31. The molecule has 5 heterocycles. The number of esters is 2. The Labute approximate surface area is 264 Å². The predicted octanol–water partition coefficient (Wildman–Crippen LogP) is -0.0840. The maximum atomic E-state index is 14.8. The Morgan fingerprint density at radius 2 is 1.76 bits per heavy atom. The molecular weight excluding hydrogens is 608 g/mol. The molecule has 6 aliphatic rings. The van der Waals surface area contributed by atoms with Crippen LogP contribution in [0.4, 0.5) is 0 Å². The molecule has 4 aliphatic heterocycles. The first kappa shape index (κ1) is 32.1. The standard InChI is InChI=1S/C32H42O14/c1-28(2,46-27-23(39)22(38)21(37)15(11-33)43-27)17-9-18(34)30(4)16(31(17)13-42-20(36)10-19(31)35)5-7-29(3)24(14-6-8-41-12-14)44-26(40)25-32(29,30)45-25/h6,8,12,15-17,19,21-25,27,33,35,37-39H,5,7,9-11,13H2,1-4H3. The molecule has 4 saturated heterocycles. The molecule has 14 atom stereocenters. The highest BCUT2D eigenvalue weighted by Gasteiger charge is 2.89. The van der Waals surface area contributed by atoms with Crippen molar-refractivity contribution >= 4 is 17.7 Å². The van der Waals surface area contributed by atoms with Crippen LogP contribution in [0, 0.1) is 28.1 Å². The van der Waals surface area contributed by atoms with E-state index < -0.39 is 107 Å². The zero-order chi connectivity index (χ0) is 33.2. The fourth-order valence-electron chi connectivity index (χ4n) is 10.3. The number of ether oxygens (including phenoxy) is 5. The second-order valence-electron chi connectivity index (χ2n) is 14.9. The average molecular weight is 651 g/mol. The van der Waals surface area contributed by atoms with E-state index >= 15 is 0 Å². The van der Waals surface area contributed by atoms with Crippen LogP contribution < -0.4 is 0 Å². The normalized spacial score (nSPS) is 50.2. The minimum absolute atomic E-state index is 0.175. The monoisotopic (exact) mass is 650 g/mol. The molecule has 0 bridgehead atoms. The van der Waals surface area contributed by atoms with E-state index in [9.17, 15) is 39.9 Å². The Bertz CT molecular complexity index is 1410. The third-order valence-corrected chi connectivity index (χ3v) is 12.6. The fraction of sp³-hybridized carbons (Fsp3) is 0.781. The molecule has 2 spiro atoms. The van der Waals surface area contributed by atoms with Gasteiger partial charge in [0.1, 0.15) is 48.5 Å². The Kier molecular flexibility index (Phi) is 7.19. The second kappa shape index (κ2) is 10.3. The number of furan rings is 1. The smallest absolute Gasteiger partial charge is 0.339 e. The van der Waals surface area contributed by atoms with Gasteiger partial charge in [0.25, 0.3) is 0 Å². The van der Waals surface area contributed by atoms with E-state index in [1.807, 2.05) is 6.92 Å². The molecule has 0 aromatic carbocycles. The fourth-order valence-corrected chi connectivity index (χ4v) is 10.3. The lowest BCUT2D eigenvalue weighted by Gasteiger charge is -2.67. The quantitative estimate of drug-likeness (QED) is 0.208. The number of hydrogen-bond donors (Lipinski definition) is 5. The molecule has 14 heteroatoms. The van der Waals surface area contributed by atoms with Crippen LogP contribution in [0.15, 0.2) is 23.0 Å². The topological polar surface area (TPSA) is 215 Å².